The first kappa shape index (κ1) is 36.5. The van der Waals surface area contributed by atoms with Gasteiger partial charge in [-0.1, -0.05) is 12.2 Å². The van der Waals surface area contributed by atoms with E-state index in [0.717, 1.165) is 48.7 Å². The molecule has 0 aliphatic carbocycles. The van der Waals surface area contributed by atoms with E-state index in [1.54, 1.807) is 38.6 Å². The summed E-state index contributed by atoms with van der Waals surface area (Å²) >= 11 is 1.68. The third kappa shape index (κ3) is 6.99. The van der Waals surface area contributed by atoms with E-state index in [0.29, 0.717) is 45.5 Å². The first-order chi connectivity index (χ1) is 23.8. The fourth-order valence-corrected chi connectivity index (χ4v) is 10.3. The summed E-state index contributed by atoms with van der Waals surface area (Å²) in [6.07, 6.45) is 6.93. The molecule has 1 spiro atoms. The first-order valence-corrected chi connectivity index (χ1v) is 18.7. The zero-order valence-corrected chi connectivity index (χ0v) is 30.1. The third-order valence-electron chi connectivity index (χ3n) is 10.3. The molecule has 264 valence electrons. The normalized spacial score (nSPS) is 23.7. The molecule has 49 heavy (non-hydrogen) atoms. The summed E-state index contributed by atoms with van der Waals surface area (Å²) in [5.74, 6) is -0.800. The number of ether oxygens (including phenoxy) is 1. The number of aliphatic hydroxyl groups excluding tert-OH is 1. The van der Waals surface area contributed by atoms with E-state index in [-0.39, 0.29) is 29.6 Å². The van der Waals surface area contributed by atoms with E-state index >= 15 is 0 Å². The van der Waals surface area contributed by atoms with Gasteiger partial charge in [0.2, 0.25) is 11.8 Å². The van der Waals surface area contributed by atoms with Gasteiger partial charge in [-0.05, 0) is 101 Å². The minimum absolute atomic E-state index is 0.0653. The number of likely N-dealkylation sites (tertiary alicyclic amines) is 1. The molecule has 10 heteroatoms. The number of fused-ring (bicyclic) bond motifs is 1. The van der Waals surface area contributed by atoms with Crippen LogP contribution in [-0.2, 0) is 14.4 Å². The van der Waals surface area contributed by atoms with Crippen LogP contribution in [0.15, 0.2) is 73.8 Å². The Labute approximate surface area is 296 Å². The maximum absolute atomic E-state index is 15.0. The zero-order chi connectivity index (χ0) is 35.1. The second-order valence-corrected chi connectivity index (χ2v) is 14.6. The molecule has 1 N–H and O–H groups in total. The Hall–Kier alpha value is -3.76. The monoisotopic (exact) mass is 688 g/mol. The highest BCUT2D eigenvalue weighted by molar-refractivity contribution is 8.02. The van der Waals surface area contributed by atoms with Crippen LogP contribution in [-0.4, -0.2) is 89.7 Å². The lowest BCUT2D eigenvalue weighted by Crippen LogP contribution is -2.55. The quantitative estimate of drug-likeness (QED) is 0.154. The Morgan fingerprint density at radius 2 is 1.51 bits per heavy atom. The molecule has 2 bridgehead atoms. The van der Waals surface area contributed by atoms with Crippen LogP contribution in [0.2, 0.25) is 0 Å². The second kappa shape index (κ2) is 16.3. The van der Waals surface area contributed by atoms with Crippen LogP contribution >= 0.6 is 11.8 Å². The molecular formula is C39H52N4O5S. The molecular weight excluding hydrogens is 637 g/mol. The molecule has 3 amide bonds. The third-order valence-corrected chi connectivity index (χ3v) is 12.2. The van der Waals surface area contributed by atoms with Gasteiger partial charge < -0.3 is 29.4 Å². The number of carbonyl (C=O) groups excluding carboxylic acids is 3. The number of aliphatic hydroxyl groups is 1. The van der Waals surface area contributed by atoms with E-state index in [4.69, 9.17) is 4.74 Å². The predicted molar refractivity (Wildman–Crippen MR) is 199 cm³/mol. The number of rotatable bonds is 18. The predicted octanol–water partition coefficient (Wildman–Crippen LogP) is 5.92. The molecule has 3 heterocycles. The lowest BCUT2D eigenvalue weighted by atomic mass is 9.70. The number of amides is 3. The number of anilines is 3. The topological polar surface area (TPSA) is 93.6 Å². The van der Waals surface area contributed by atoms with Crippen molar-refractivity contribution in [3.8, 4) is 5.75 Å². The number of hydrogen-bond donors (Lipinski definition) is 1. The Morgan fingerprint density at radius 3 is 2.08 bits per heavy atom. The number of carbonyl (C=O) groups is 3. The summed E-state index contributed by atoms with van der Waals surface area (Å²) < 4.78 is 4.91. The zero-order valence-electron chi connectivity index (χ0n) is 29.3. The number of unbranched alkanes of at least 4 members (excludes halogenated alkanes) is 2. The largest absolute Gasteiger partial charge is 0.494 e. The molecule has 2 aromatic rings. The van der Waals surface area contributed by atoms with Crippen LogP contribution in [0.1, 0.15) is 52.9 Å². The molecule has 9 nitrogen and oxygen atoms in total. The average Bonchev–Trinajstić information content (AvgIpc) is 3.76. The van der Waals surface area contributed by atoms with Crippen LogP contribution in [0.3, 0.4) is 0 Å². The summed E-state index contributed by atoms with van der Waals surface area (Å²) in [4.78, 5) is 51.7. The Bertz CT molecular complexity index is 1480. The molecule has 0 radical (unpaired) electrons. The van der Waals surface area contributed by atoms with Crippen molar-refractivity contribution < 1.29 is 24.2 Å². The Balaban J connectivity index is 1.50. The fraction of sp³-hybridized carbons (Fsp3) is 0.513. The minimum atomic E-state index is -0.715. The highest BCUT2D eigenvalue weighted by atomic mass is 32.2. The summed E-state index contributed by atoms with van der Waals surface area (Å²) in [6.45, 7) is 17.4. The van der Waals surface area contributed by atoms with Crippen LogP contribution in [0, 0.1) is 11.8 Å². The summed E-state index contributed by atoms with van der Waals surface area (Å²) in [5.41, 5.74) is 2.56. The number of nitrogens with zero attached hydrogens (tertiary/aromatic N) is 4. The first-order valence-electron chi connectivity index (χ1n) is 17.8. The van der Waals surface area contributed by atoms with E-state index in [9.17, 15) is 19.5 Å². The molecule has 0 saturated carbocycles. The van der Waals surface area contributed by atoms with Gasteiger partial charge >= 0.3 is 0 Å². The van der Waals surface area contributed by atoms with Crippen molar-refractivity contribution in [1.29, 1.82) is 0 Å². The van der Waals surface area contributed by atoms with E-state index < -0.39 is 22.6 Å². The standard InChI is InChI=1S/C39H52N4O5S/c1-6-24-41(30-18-20-31(21-19-30)48-10-5)36(45)33-32-22-23-39(49-32)34(33)37(46)43(26-12-11-13-27-44)35(39)38(47)42(25-7-2)29-16-14-28(15-17-29)40(8-3)9-4/h6-7,14-21,32-35,44H,1-2,8-13,22-27H2,3-5H3/t32-,33+,34-,35?,39?/m0/s1. The fourth-order valence-electron chi connectivity index (χ4n) is 8.08. The van der Waals surface area contributed by atoms with Gasteiger partial charge in [0.05, 0.1) is 23.2 Å². The molecule has 0 aromatic heterocycles. The van der Waals surface area contributed by atoms with E-state index in [2.05, 4.69) is 31.9 Å². The number of hydrogen-bond acceptors (Lipinski definition) is 7. The van der Waals surface area contributed by atoms with Gasteiger partial charge in [-0.3, -0.25) is 14.4 Å². The van der Waals surface area contributed by atoms with E-state index in [1.165, 1.54) is 0 Å². The van der Waals surface area contributed by atoms with Gasteiger partial charge in [0.25, 0.3) is 5.91 Å². The maximum Gasteiger partial charge on any atom is 0.251 e. The van der Waals surface area contributed by atoms with Gasteiger partial charge in [-0.2, -0.15) is 0 Å². The summed E-state index contributed by atoms with van der Waals surface area (Å²) in [6, 6.07) is 14.8. The number of thioether (sulfide) groups is 1. The average molecular weight is 689 g/mol. The molecule has 2 unspecified atom stereocenters. The van der Waals surface area contributed by atoms with Crippen LogP contribution < -0.4 is 19.4 Å². The lowest BCUT2D eigenvalue weighted by Gasteiger charge is -2.37. The van der Waals surface area contributed by atoms with Crippen LogP contribution in [0.4, 0.5) is 17.1 Å². The molecule has 3 aliphatic rings. The smallest absolute Gasteiger partial charge is 0.251 e. The van der Waals surface area contributed by atoms with Crippen molar-refractivity contribution in [3.05, 3.63) is 73.8 Å². The van der Waals surface area contributed by atoms with Crippen molar-refractivity contribution in [3.63, 3.8) is 0 Å². The second-order valence-electron chi connectivity index (χ2n) is 13.0. The van der Waals surface area contributed by atoms with Crippen molar-refractivity contribution in [2.24, 2.45) is 11.8 Å². The Kier molecular flexibility index (Phi) is 12.1. The highest BCUT2D eigenvalue weighted by Gasteiger charge is 2.74. The van der Waals surface area contributed by atoms with Gasteiger partial charge in [0.15, 0.2) is 0 Å². The van der Waals surface area contributed by atoms with Crippen molar-refractivity contribution in [1.82, 2.24) is 4.90 Å². The van der Waals surface area contributed by atoms with Gasteiger partial charge in [-0.25, -0.2) is 0 Å². The summed E-state index contributed by atoms with van der Waals surface area (Å²) in [5, 5.41) is 9.36. The van der Waals surface area contributed by atoms with Gasteiger partial charge in [0, 0.05) is 61.6 Å². The molecule has 5 rings (SSSR count). The molecule has 3 saturated heterocycles. The highest BCUT2D eigenvalue weighted by Crippen LogP contribution is 2.67. The molecule has 5 atom stereocenters. The molecule has 2 aromatic carbocycles. The Morgan fingerprint density at radius 1 is 0.918 bits per heavy atom. The maximum atomic E-state index is 15.0. The van der Waals surface area contributed by atoms with Crippen molar-refractivity contribution >= 4 is 46.5 Å². The van der Waals surface area contributed by atoms with Crippen molar-refractivity contribution in [2.75, 3.05) is 60.6 Å². The van der Waals surface area contributed by atoms with Crippen molar-refractivity contribution in [2.45, 2.75) is 68.9 Å². The van der Waals surface area contributed by atoms with E-state index in [1.807, 2.05) is 55.5 Å². The van der Waals surface area contributed by atoms with Gasteiger partial charge in [0.1, 0.15) is 11.8 Å². The molecule has 3 aliphatic heterocycles. The minimum Gasteiger partial charge on any atom is -0.494 e. The SMILES string of the molecule is C=CCN(C(=O)C1N(CCCCCO)C(=O)[C@@H]2[C@H](C(=O)N(CC=C)c3ccc(OCC)cc3)[C@@H]3CCC12S3)c1ccc(N(CC)CC)cc1. The number of benzene rings is 2. The molecule has 3 fully saturated rings. The van der Waals surface area contributed by atoms with Crippen LogP contribution in [0.5, 0.6) is 5.75 Å². The lowest BCUT2D eigenvalue weighted by molar-refractivity contribution is -0.139. The summed E-state index contributed by atoms with van der Waals surface area (Å²) in [7, 11) is 0. The van der Waals surface area contributed by atoms with Crippen LogP contribution in [0.25, 0.3) is 0 Å². The van der Waals surface area contributed by atoms with Gasteiger partial charge in [-0.15, -0.1) is 24.9 Å².